The number of nitrogens with zero attached hydrogens (tertiary/aromatic N) is 2. The third kappa shape index (κ3) is 4.82. The van der Waals surface area contributed by atoms with Gasteiger partial charge >= 0.3 is 6.03 Å². The van der Waals surface area contributed by atoms with Crippen molar-refractivity contribution in [3.05, 3.63) is 24.5 Å². The maximum absolute atomic E-state index is 11.8. The molecule has 0 aliphatic carbocycles. The first kappa shape index (κ1) is 14.7. The molecule has 3 amide bonds. The van der Waals surface area contributed by atoms with Crippen LogP contribution in [0.4, 0.5) is 10.6 Å². The van der Waals surface area contributed by atoms with E-state index in [2.05, 4.69) is 22.4 Å². The van der Waals surface area contributed by atoms with Crippen LogP contribution in [-0.2, 0) is 4.79 Å². The van der Waals surface area contributed by atoms with Crippen molar-refractivity contribution in [3.8, 4) is 0 Å². The lowest BCUT2D eigenvalue weighted by atomic mass is 10.4. The monoisotopic (exact) mass is 266 g/mol. The summed E-state index contributed by atoms with van der Waals surface area (Å²) in [6, 6.07) is 1.29. The van der Waals surface area contributed by atoms with Gasteiger partial charge in [-0.25, -0.2) is 4.79 Å². The number of nitrogens with one attached hydrogen (secondary N) is 2. The zero-order valence-corrected chi connectivity index (χ0v) is 11.1. The van der Waals surface area contributed by atoms with Crippen molar-refractivity contribution < 1.29 is 14.1 Å². The van der Waals surface area contributed by atoms with Gasteiger partial charge in [-0.05, 0) is 13.8 Å². The number of hydrogen-bond donors (Lipinski definition) is 2. The fourth-order valence-electron chi connectivity index (χ4n) is 1.42. The molecule has 0 radical (unpaired) electrons. The van der Waals surface area contributed by atoms with Crippen LogP contribution in [-0.4, -0.2) is 41.6 Å². The van der Waals surface area contributed by atoms with Gasteiger partial charge in [-0.2, -0.15) is 0 Å². The molecular formula is C12H18N4O3. The van der Waals surface area contributed by atoms with Crippen LogP contribution < -0.4 is 10.6 Å². The molecule has 0 aliphatic rings. The number of carbonyl (C=O) groups is 2. The second-order valence-corrected chi connectivity index (χ2v) is 3.88. The van der Waals surface area contributed by atoms with Crippen molar-refractivity contribution in [2.75, 3.05) is 25.0 Å². The van der Waals surface area contributed by atoms with Crippen LogP contribution >= 0.6 is 0 Å². The van der Waals surface area contributed by atoms with E-state index in [-0.39, 0.29) is 25.0 Å². The van der Waals surface area contributed by atoms with Gasteiger partial charge in [-0.15, -0.1) is 6.58 Å². The smallest absolute Gasteiger partial charge is 0.318 e. The van der Waals surface area contributed by atoms with Crippen LogP contribution in [0.15, 0.2) is 23.2 Å². The highest BCUT2D eigenvalue weighted by Crippen LogP contribution is 2.06. The topological polar surface area (TPSA) is 87.5 Å². The molecule has 0 bridgehead atoms. The van der Waals surface area contributed by atoms with E-state index in [1.807, 2.05) is 6.92 Å². The number of aryl methyl sites for hydroxylation is 1. The summed E-state index contributed by atoms with van der Waals surface area (Å²) in [5, 5.41) is 8.82. The molecule has 0 aromatic carbocycles. The minimum atomic E-state index is -0.346. The Morgan fingerprint density at radius 1 is 1.58 bits per heavy atom. The summed E-state index contributed by atoms with van der Waals surface area (Å²) in [5.74, 6) is 0.584. The Labute approximate surface area is 111 Å². The Bertz CT molecular complexity index is 456. The second-order valence-electron chi connectivity index (χ2n) is 3.88. The molecule has 0 aliphatic heterocycles. The molecule has 0 spiro atoms. The Morgan fingerprint density at radius 2 is 2.32 bits per heavy atom. The molecule has 1 aromatic heterocycles. The Hall–Kier alpha value is -2.31. The number of hydrogen-bond acceptors (Lipinski definition) is 4. The van der Waals surface area contributed by atoms with E-state index < -0.39 is 0 Å². The van der Waals surface area contributed by atoms with E-state index in [9.17, 15) is 9.59 Å². The highest BCUT2D eigenvalue weighted by atomic mass is 16.5. The van der Waals surface area contributed by atoms with Gasteiger partial charge in [0.05, 0.1) is 0 Å². The van der Waals surface area contributed by atoms with Gasteiger partial charge in [0.25, 0.3) is 0 Å². The van der Waals surface area contributed by atoms with Crippen LogP contribution in [0.3, 0.4) is 0 Å². The minimum absolute atomic E-state index is 0.0796. The van der Waals surface area contributed by atoms with Crippen LogP contribution in [0.1, 0.15) is 12.7 Å². The molecule has 7 heteroatoms. The molecule has 19 heavy (non-hydrogen) atoms. The number of carbonyl (C=O) groups excluding carboxylic acids is 2. The average molecular weight is 266 g/mol. The van der Waals surface area contributed by atoms with Gasteiger partial charge in [0, 0.05) is 19.2 Å². The van der Waals surface area contributed by atoms with E-state index in [4.69, 9.17) is 4.52 Å². The SMILES string of the molecule is C=CCN(CC(=O)Nc1cc(C)on1)C(=O)NCC. The molecule has 1 rings (SSSR count). The molecule has 7 nitrogen and oxygen atoms in total. The van der Waals surface area contributed by atoms with Crippen molar-refractivity contribution in [2.45, 2.75) is 13.8 Å². The Balaban J connectivity index is 2.55. The van der Waals surface area contributed by atoms with Gasteiger partial charge in [-0.3, -0.25) is 4.79 Å². The first-order valence-corrected chi connectivity index (χ1v) is 5.93. The molecule has 0 unspecified atom stereocenters. The molecule has 1 aromatic rings. The summed E-state index contributed by atoms with van der Waals surface area (Å²) in [6.45, 7) is 7.79. The average Bonchev–Trinajstić information content (AvgIpc) is 2.74. The van der Waals surface area contributed by atoms with E-state index in [0.29, 0.717) is 18.1 Å². The summed E-state index contributed by atoms with van der Waals surface area (Å²) in [5.41, 5.74) is 0. The van der Waals surface area contributed by atoms with E-state index in [0.717, 1.165) is 0 Å². The quantitative estimate of drug-likeness (QED) is 0.756. The van der Waals surface area contributed by atoms with Crippen molar-refractivity contribution >= 4 is 17.8 Å². The Kier molecular flexibility index (Phi) is 5.59. The molecule has 104 valence electrons. The highest BCUT2D eigenvalue weighted by molar-refractivity contribution is 5.93. The van der Waals surface area contributed by atoms with Gasteiger partial charge in [-0.1, -0.05) is 11.2 Å². The second kappa shape index (κ2) is 7.20. The molecule has 1 heterocycles. The maximum atomic E-state index is 11.8. The third-order valence-corrected chi connectivity index (χ3v) is 2.19. The zero-order valence-electron chi connectivity index (χ0n) is 11.1. The molecule has 2 N–H and O–H groups in total. The summed E-state index contributed by atoms with van der Waals surface area (Å²) >= 11 is 0. The van der Waals surface area contributed by atoms with Crippen LogP contribution in [0, 0.1) is 6.92 Å². The van der Waals surface area contributed by atoms with Crippen LogP contribution in [0.25, 0.3) is 0 Å². The fourth-order valence-corrected chi connectivity index (χ4v) is 1.42. The van der Waals surface area contributed by atoms with Gasteiger partial charge in [0.1, 0.15) is 12.3 Å². The maximum Gasteiger partial charge on any atom is 0.318 e. The van der Waals surface area contributed by atoms with E-state index in [1.165, 1.54) is 4.90 Å². The van der Waals surface area contributed by atoms with Gasteiger partial charge < -0.3 is 20.1 Å². The number of amides is 3. The lowest BCUT2D eigenvalue weighted by Gasteiger charge is -2.20. The van der Waals surface area contributed by atoms with E-state index >= 15 is 0 Å². The number of rotatable bonds is 6. The number of urea groups is 1. The summed E-state index contributed by atoms with van der Waals surface area (Å²) in [6.07, 6.45) is 1.56. The van der Waals surface area contributed by atoms with Crippen molar-refractivity contribution in [1.29, 1.82) is 0 Å². The third-order valence-electron chi connectivity index (χ3n) is 2.19. The highest BCUT2D eigenvalue weighted by Gasteiger charge is 2.16. The number of anilines is 1. The van der Waals surface area contributed by atoms with Crippen molar-refractivity contribution in [3.63, 3.8) is 0 Å². The largest absolute Gasteiger partial charge is 0.360 e. The fraction of sp³-hybridized carbons (Fsp3) is 0.417. The molecule has 0 atom stereocenters. The van der Waals surface area contributed by atoms with E-state index in [1.54, 1.807) is 19.1 Å². The van der Waals surface area contributed by atoms with Crippen molar-refractivity contribution in [1.82, 2.24) is 15.4 Å². The number of aromatic nitrogens is 1. The molecule has 0 fully saturated rings. The molecule has 0 saturated carbocycles. The minimum Gasteiger partial charge on any atom is -0.360 e. The lowest BCUT2D eigenvalue weighted by Crippen LogP contribution is -2.44. The van der Waals surface area contributed by atoms with Crippen LogP contribution in [0.5, 0.6) is 0 Å². The standard InChI is InChI=1S/C12H18N4O3/c1-4-6-16(12(18)13-5-2)8-11(17)14-10-7-9(3)19-15-10/h4,7H,1,5-6,8H2,2-3H3,(H,13,18)(H,14,15,17). The predicted octanol–water partition coefficient (Wildman–Crippen LogP) is 1.14. The normalized spacial score (nSPS) is 9.79. The first-order chi connectivity index (χ1) is 9.06. The molecular weight excluding hydrogens is 248 g/mol. The summed E-state index contributed by atoms with van der Waals surface area (Å²) in [4.78, 5) is 24.8. The lowest BCUT2D eigenvalue weighted by molar-refractivity contribution is -0.116. The zero-order chi connectivity index (χ0) is 14.3. The summed E-state index contributed by atoms with van der Waals surface area (Å²) < 4.78 is 4.83. The summed E-state index contributed by atoms with van der Waals surface area (Å²) in [7, 11) is 0. The van der Waals surface area contributed by atoms with Gasteiger partial charge in [0.15, 0.2) is 5.82 Å². The Morgan fingerprint density at radius 3 is 2.84 bits per heavy atom. The van der Waals surface area contributed by atoms with Gasteiger partial charge in [0.2, 0.25) is 5.91 Å². The molecule has 0 saturated heterocycles. The van der Waals surface area contributed by atoms with Crippen molar-refractivity contribution in [2.24, 2.45) is 0 Å². The predicted molar refractivity (Wildman–Crippen MR) is 70.7 cm³/mol. The first-order valence-electron chi connectivity index (χ1n) is 5.93. The van der Waals surface area contributed by atoms with Crippen LogP contribution in [0.2, 0.25) is 0 Å².